The molecule has 20 N–H and O–H groups in total. The molecule has 6 rings (SSSR count). The number of nitrogens with two attached hydrogens (primary N) is 1. The van der Waals surface area contributed by atoms with Crippen LogP contribution in [0.1, 0.15) is 13.8 Å². The van der Waals surface area contributed by atoms with Crippen LogP contribution in [0.4, 0.5) is 0 Å². The van der Waals surface area contributed by atoms with E-state index in [1.165, 1.54) is 19.9 Å². The highest BCUT2D eigenvalue weighted by Crippen LogP contribution is 2.35. The van der Waals surface area contributed by atoms with Gasteiger partial charge in [0, 0.05) is 0 Å². The fourth-order valence-electron chi connectivity index (χ4n) is 8.76. The van der Waals surface area contributed by atoms with Crippen molar-refractivity contribution in [3.05, 3.63) is 11.6 Å². The van der Waals surface area contributed by atoms with Gasteiger partial charge in [-0.25, -0.2) is 0 Å². The van der Waals surface area contributed by atoms with Gasteiger partial charge in [0.05, 0.1) is 56.8 Å². The summed E-state index contributed by atoms with van der Waals surface area (Å²) in [7, 11) is 0. The molecule has 0 radical (unpaired) electrons. The first-order valence-corrected chi connectivity index (χ1v) is 21.1. The monoisotopic (exact) mass is 952 g/mol. The van der Waals surface area contributed by atoms with E-state index in [0.29, 0.717) is 0 Å². The molecule has 0 aromatic heterocycles. The molecule has 29 atom stereocenters. The minimum atomic E-state index is -2.01. The third kappa shape index (κ3) is 10.7. The minimum Gasteiger partial charge on any atom is -0.394 e. The van der Waals surface area contributed by atoms with Crippen molar-refractivity contribution in [2.24, 2.45) is 5.73 Å². The van der Waals surface area contributed by atoms with Crippen LogP contribution in [-0.2, 0) is 42.6 Å². The van der Waals surface area contributed by atoms with Gasteiger partial charge in [-0.05, 0) is 19.4 Å². The summed E-state index contributed by atoms with van der Waals surface area (Å²) in [5, 5.41) is 183. The third-order valence-electron chi connectivity index (χ3n) is 12.8. The first-order chi connectivity index (χ1) is 30.7. The van der Waals surface area contributed by atoms with E-state index in [9.17, 15) is 86.8 Å². The van der Waals surface area contributed by atoms with Crippen molar-refractivity contribution in [2.45, 2.75) is 192 Å². The molecule has 0 unspecified atom stereocenters. The molecule has 6 aliphatic rings. The van der Waals surface area contributed by atoms with Crippen molar-refractivity contribution in [3.63, 3.8) is 0 Å². The van der Waals surface area contributed by atoms with Crippen molar-refractivity contribution in [1.82, 2.24) is 5.32 Å². The average molecular weight is 953 g/mol. The summed E-state index contributed by atoms with van der Waals surface area (Å²) >= 11 is 0. The maximum atomic E-state index is 11.3. The van der Waals surface area contributed by atoms with E-state index in [1.807, 2.05) is 0 Å². The van der Waals surface area contributed by atoms with Gasteiger partial charge in [0.15, 0.2) is 31.5 Å². The predicted molar refractivity (Wildman–Crippen MR) is 204 cm³/mol. The van der Waals surface area contributed by atoms with E-state index in [2.05, 4.69) is 5.32 Å². The fourth-order valence-corrected chi connectivity index (χ4v) is 8.76. The molecule has 5 heterocycles. The summed E-state index contributed by atoms with van der Waals surface area (Å²) in [6.07, 6.45) is -42.7. The molecule has 0 aromatic rings. The lowest BCUT2D eigenvalue weighted by Gasteiger charge is -2.49. The highest BCUT2D eigenvalue weighted by molar-refractivity contribution is 5.23. The Morgan fingerprint density at radius 2 is 0.892 bits per heavy atom. The molecule has 0 spiro atoms. The molecule has 65 heavy (non-hydrogen) atoms. The van der Waals surface area contributed by atoms with E-state index in [4.69, 9.17) is 48.4 Å². The number of nitrogens with one attached hydrogen (secondary N) is 1. The topological polar surface area (TPSA) is 465 Å². The van der Waals surface area contributed by atoms with Gasteiger partial charge in [-0.3, -0.25) is 0 Å². The second kappa shape index (κ2) is 22.1. The summed E-state index contributed by atoms with van der Waals surface area (Å²) in [5.74, 6) is 0. The van der Waals surface area contributed by atoms with E-state index in [1.54, 1.807) is 0 Å². The van der Waals surface area contributed by atoms with E-state index >= 15 is 0 Å². The second-order valence-corrected chi connectivity index (χ2v) is 17.1. The van der Waals surface area contributed by atoms with Crippen LogP contribution in [0.3, 0.4) is 0 Å². The van der Waals surface area contributed by atoms with Crippen LogP contribution >= 0.6 is 0 Å². The highest BCUT2D eigenvalue weighted by Gasteiger charge is 2.55. The maximum Gasteiger partial charge on any atom is 0.187 e. The smallest absolute Gasteiger partial charge is 0.187 e. The van der Waals surface area contributed by atoms with Crippen molar-refractivity contribution < 1.29 is 129 Å². The van der Waals surface area contributed by atoms with Crippen LogP contribution in [0.25, 0.3) is 0 Å². The van der Waals surface area contributed by atoms with Crippen LogP contribution in [0.15, 0.2) is 11.6 Å². The number of ether oxygens (including phenoxy) is 9. The molecule has 0 bridgehead atoms. The minimum absolute atomic E-state index is 0.100. The fraction of sp³-hybridized carbons (Fsp3) is 0.946. The Kier molecular flexibility index (Phi) is 18.0. The van der Waals surface area contributed by atoms with Gasteiger partial charge in [0.1, 0.15) is 116 Å². The zero-order chi connectivity index (χ0) is 47.9. The van der Waals surface area contributed by atoms with Crippen LogP contribution in [0.2, 0.25) is 0 Å². The third-order valence-corrected chi connectivity index (χ3v) is 12.8. The maximum absolute atomic E-state index is 11.3. The molecule has 0 aromatic carbocycles. The summed E-state index contributed by atoms with van der Waals surface area (Å²) in [6, 6.07) is -3.55. The van der Waals surface area contributed by atoms with Crippen molar-refractivity contribution in [3.8, 4) is 0 Å². The summed E-state index contributed by atoms with van der Waals surface area (Å²) < 4.78 is 50.3. The Morgan fingerprint density at radius 1 is 0.477 bits per heavy atom. The van der Waals surface area contributed by atoms with Crippen LogP contribution in [0, 0.1) is 0 Å². The lowest BCUT2D eigenvalue weighted by Crippen LogP contribution is -2.69. The molecule has 5 saturated heterocycles. The van der Waals surface area contributed by atoms with Crippen molar-refractivity contribution in [1.29, 1.82) is 0 Å². The zero-order valence-corrected chi connectivity index (χ0v) is 35.0. The molecule has 0 saturated carbocycles. The standard InChI is InChI=1S/C37H64N2O26/c1-8-15(38)18(45)25(52)34(57-8)63-31-13(6-42)60-36(27(54)22(31)49)62-29-10(4-40)3-11(17(44)20(29)47)39-16-9(2)58-35(26(53)19(16)46)64-32-14(7-43)61-37(28(55)23(32)50)65-30-12(5-41)59-33(56)24(51)21(30)48/h3,8-9,11-37,39-56H,4-7,38H2,1-2H3/t8-,9-,11+,12-,13-,14-,15-,16-,17+,18+,19+,20-,21-,22-,23-,24-,25-,26-,27-,28-,29-,30-,31-,32-,33-,34-,35-,36-,37-/m1/s1. The first kappa shape index (κ1) is 53.0. The van der Waals surface area contributed by atoms with E-state index < -0.39 is 204 Å². The Morgan fingerprint density at radius 3 is 1.38 bits per heavy atom. The molecule has 5 fully saturated rings. The van der Waals surface area contributed by atoms with Crippen LogP contribution in [0.5, 0.6) is 0 Å². The predicted octanol–water partition coefficient (Wildman–Crippen LogP) is -11.9. The van der Waals surface area contributed by atoms with Gasteiger partial charge in [0.25, 0.3) is 0 Å². The van der Waals surface area contributed by atoms with Gasteiger partial charge in [-0.2, -0.15) is 0 Å². The highest BCUT2D eigenvalue weighted by atomic mass is 16.8. The molecule has 0 amide bonds. The molecule has 28 heteroatoms. The number of hydrogen-bond donors (Lipinski definition) is 19. The summed E-state index contributed by atoms with van der Waals surface area (Å²) in [5.41, 5.74) is 5.71. The average Bonchev–Trinajstić information content (AvgIpc) is 3.29. The Labute approximate surface area is 370 Å². The number of aliphatic hydroxyl groups excluding tert-OH is 17. The Balaban J connectivity index is 1.07. The first-order valence-electron chi connectivity index (χ1n) is 21.1. The number of aliphatic hydroxyl groups is 17. The van der Waals surface area contributed by atoms with Crippen LogP contribution in [-0.4, -0.2) is 291 Å². The quantitative estimate of drug-likeness (QED) is 0.0719. The van der Waals surface area contributed by atoms with Gasteiger partial charge < -0.3 is 140 Å². The largest absolute Gasteiger partial charge is 0.394 e. The van der Waals surface area contributed by atoms with Crippen LogP contribution < -0.4 is 11.1 Å². The van der Waals surface area contributed by atoms with E-state index in [0.717, 1.165) is 0 Å². The van der Waals surface area contributed by atoms with E-state index in [-0.39, 0.29) is 5.57 Å². The molecule has 1 aliphatic carbocycles. The SMILES string of the molecule is C[C@H]1O[C@H](O[C@H]2[C@H](O)[C@@H](O)[C@@H](O[C@@H]3C(CO)=C[C@H](N[C@H]4[C@H](O)[C@@H](O)[C@@H](O[C@H]5[C@H](O)[C@@H](O)[C@@H](O[C@H]6[C@H](O)[C@@H](O)[C@H](O)O[C@@H]6CO)O[C@@H]5CO)O[C@@H]4C)[C@H](O)[C@H]3O)O[C@@H]2CO)[C@H](O)[C@@H](O)[C@@H]1N. The lowest BCUT2D eigenvalue weighted by molar-refractivity contribution is -0.373. The van der Waals surface area contributed by atoms with Gasteiger partial charge in [-0.1, -0.05) is 6.08 Å². The second-order valence-electron chi connectivity index (χ2n) is 17.1. The Hall–Kier alpha value is -1.38. The molecule has 5 aliphatic heterocycles. The van der Waals surface area contributed by atoms with Gasteiger partial charge in [0.2, 0.25) is 0 Å². The van der Waals surface area contributed by atoms with Gasteiger partial charge >= 0.3 is 0 Å². The van der Waals surface area contributed by atoms with Gasteiger partial charge in [-0.15, -0.1) is 0 Å². The Bertz CT molecular complexity index is 1540. The summed E-state index contributed by atoms with van der Waals surface area (Å²) in [6.45, 7) is -0.466. The van der Waals surface area contributed by atoms with Crippen molar-refractivity contribution >= 4 is 0 Å². The zero-order valence-electron chi connectivity index (χ0n) is 35.0. The normalized spacial score (nSPS) is 53.4. The number of hydrogen-bond acceptors (Lipinski definition) is 28. The summed E-state index contributed by atoms with van der Waals surface area (Å²) in [4.78, 5) is 0. The van der Waals surface area contributed by atoms with Crippen molar-refractivity contribution in [2.75, 3.05) is 26.4 Å². The molecular weight excluding hydrogens is 888 g/mol. The lowest BCUT2D eigenvalue weighted by atomic mass is 9.86. The molecule has 28 nitrogen and oxygen atoms in total. The molecular formula is C37H64N2O26. The molecule has 378 valence electrons. The number of rotatable bonds is 14.